The molecule has 7 nitrogen and oxygen atoms in total. The van der Waals surface area contributed by atoms with Gasteiger partial charge in [0.1, 0.15) is 22.9 Å². The maximum Gasteiger partial charge on any atom is 0.217 e. The number of nitrogens with zero attached hydrogens (tertiary/aromatic N) is 2. The zero-order valence-electron chi connectivity index (χ0n) is 15.2. The molecule has 0 unspecified atom stereocenters. The minimum absolute atomic E-state index is 0.0208. The van der Waals surface area contributed by atoms with Gasteiger partial charge >= 0.3 is 0 Å². The zero-order chi connectivity index (χ0) is 21.0. The van der Waals surface area contributed by atoms with Gasteiger partial charge in [-0.15, -0.1) is 10.2 Å². The van der Waals surface area contributed by atoms with Crippen molar-refractivity contribution in [2.24, 2.45) is 10.2 Å². The lowest BCUT2D eigenvalue weighted by atomic mass is 10.0. The molecule has 148 valence electrons. The van der Waals surface area contributed by atoms with Gasteiger partial charge in [0.15, 0.2) is 5.78 Å². The Morgan fingerprint density at radius 1 is 1.14 bits per heavy atom. The van der Waals surface area contributed by atoms with Crippen LogP contribution in [0.25, 0.3) is 0 Å². The van der Waals surface area contributed by atoms with Crippen molar-refractivity contribution in [3.05, 3.63) is 76.5 Å². The Labute approximate surface area is 173 Å². The lowest BCUT2D eigenvalue weighted by molar-refractivity contribution is 0.103. The molecule has 0 spiro atoms. The van der Waals surface area contributed by atoms with E-state index in [0.29, 0.717) is 5.56 Å². The SMILES string of the molecule is COc1cc(O)c(C(=O)c2ccccc2)cc1N=NC1=C(Cl)CC(=S(=O)=O)C=C1. The van der Waals surface area contributed by atoms with Gasteiger partial charge in [-0.25, -0.2) is 0 Å². The molecule has 0 fully saturated rings. The highest BCUT2D eigenvalue weighted by atomic mass is 35.5. The predicted molar refractivity (Wildman–Crippen MR) is 110 cm³/mol. The second kappa shape index (κ2) is 8.85. The van der Waals surface area contributed by atoms with E-state index in [0.717, 1.165) is 0 Å². The number of halogens is 1. The van der Waals surface area contributed by atoms with E-state index in [-0.39, 0.29) is 50.5 Å². The lowest BCUT2D eigenvalue weighted by Crippen LogP contribution is -2.02. The Morgan fingerprint density at radius 2 is 1.86 bits per heavy atom. The van der Waals surface area contributed by atoms with Gasteiger partial charge in [0, 0.05) is 18.1 Å². The summed E-state index contributed by atoms with van der Waals surface area (Å²) in [6, 6.07) is 11.2. The number of methoxy groups -OCH3 is 1. The summed E-state index contributed by atoms with van der Waals surface area (Å²) < 4.78 is 27.3. The summed E-state index contributed by atoms with van der Waals surface area (Å²) in [6.45, 7) is 0. The number of ketones is 1. The van der Waals surface area contributed by atoms with Crippen LogP contribution in [0, 0.1) is 0 Å². The molecule has 0 bridgehead atoms. The van der Waals surface area contributed by atoms with E-state index in [1.165, 1.54) is 31.4 Å². The molecule has 0 radical (unpaired) electrons. The molecule has 3 rings (SSSR count). The first-order valence-electron chi connectivity index (χ1n) is 8.35. The van der Waals surface area contributed by atoms with E-state index in [4.69, 9.17) is 16.3 Å². The highest BCUT2D eigenvalue weighted by Gasteiger charge is 2.18. The predicted octanol–water partition coefficient (Wildman–Crippen LogP) is 4.18. The van der Waals surface area contributed by atoms with Crippen molar-refractivity contribution in [3.8, 4) is 11.5 Å². The molecule has 1 aliphatic carbocycles. The molecule has 2 aromatic rings. The van der Waals surface area contributed by atoms with E-state index in [1.54, 1.807) is 30.3 Å². The van der Waals surface area contributed by atoms with E-state index in [2.05, 4.69) is 10.2 Å². The van der Waals surface area contributed by atoms with Crippen molar-refractivity contribution in [1.82, 2.24) is 0 Å². The topological polar surface area (TPSA) is 105 Å². The summed E-state index contributed by atoms with van der Waals surface area (Å²) in [5, 5.41) is 18.6. The number of hydrogen-bond acceptors (Lipinski definition) is 7. The Hall–Kier alpha value is -3.23. The number of phenols is 1. The number of allylic oxidation sites excluding steroid dienone is 3. The maximum atomic E-state index is 12.7. The fourth-order valence-corrected chi connectivity index (χ4v) is 3.37. The molecular weight excluding hydrogens is 416 g/mol. The molecule has 9 heteroatoms. The standard InChI is InChI=1S/C20H15ClN2O5S/c1-28-19-11-18(24)14(20(25)12-5-3-2-4-6-12)10-17(19)23-22-16-8-7-13(29(26)27)9-15(16)21/h2-8,10-11,24H,9H2,1H3. The average Bonchev–Trinajstić information content (AvgIpc) is 2.73. The average molecular weight is 431 g/mol. The van der Waals surface area contributed by atoms with E-state index >= 15 is 0 Å². The van der Waals surface area contributed by atoms with Crippen LogP contribution in [0.3, 0.4) is 0 Å². The summed E-state index contributed by atoms with van der Waals surface area (Å²) in [5.41, 5.74) is 0.942. The lowest BCUT2D eigenvalue weighted by Gasteiger charge is -2.10. The fraction of sp³-hybridized carbons (Fsp3) is 0.100. The van der Waals surface area contributed by atoms with E-state index in [1.807, 2.05) is 0 Å². The number of hydrogen-bond donors (Lipinski definition) is 1. The van der Waals surface area contributed by atoms with E-state index in [9.17, 15) is 18.3 Å². The summed E-state index contributed by atoms with van der Waals surface area (Å²) >= 11 is 6.10. The van der Waals surface area contributed by atoms with Gasteiger partial charge in [-0.1, -0.05) is 41.9 Å². The van der Waals surface area contributed by atoms with Gasteiger partial charge in [0.2, 0.25) is 10.3 Å². The Bertz CT molecular complexity index is 1190. The van der Waals surface area contributed by atoms with Crippen molar-refractivity contribution in [3.63, 3.8) is 0 Å². The van der Waals surface area contributed by atoms with Crippen LogP contribution < -0.4 is 4.74 Å². The van der Waals surface area contributed by atoms with Gasteiger partial charge in [-0.05, 0) is 18.2 Å². The number of ether oxygens (including phenoxy) is 1. The molecule has 2 aromatic carbocycles. The van der Waals surface area contributed by atoms with Crippen LogP contribution in [0.1, 0.15) is 22.3 Å². The number of rotatable bonds is 5. The van der Waals surface area contributed by atoms with Gasteiger partial charge in [-0.3, -0.25) is 4.79 Å². The second-order valence-electron chi connectivity index (χ2n) is 5.94. The zero-order valence-corrected chi connectivity index (χ0v) is 16.7. The molecule has 29 heavy (non-hydrogen) atoms. The summed E-state index contributed by atoms with van der Waals surface area (Å²) in [6.07, 6.45) is 2.85. The number of phenolic OH excluding ortho intramolecular Hbond substituents is 1. The first kappa shape index (κ1) is 20.5. The quantitative estimate of drug-likeness (QED) is 0.435. The smallest absolute Gasteiger partial charge is 0.217 e. The first-order valence-corrected chi connectivity index (χ1v) is 9.80. The second-order valence-corrected chi connectivity index (χ2v) is 7.39. The Kier molecular flexibility index (Phi) is 6.26. The third kappa shape index (κ3) is 4.61. The number of azo groups is 1. The molecule has 0 heterocycles. The maximum absolute atomic E-state index is 12.7. The summed E-state index contributed by atoms with van der Waals surface area (Å²) in [5.74, 6) is -0.420. The molecule has 0 saturated heterocycles. The minimum Gasteiger partial charge on any atom is -0.507 e. The normalized spacial score (nSPS) is 13.8. The first-order chi connectivity index (χ1) is 13.9. The van der Waals surface area contributed by atoms with Gasteiger partial charge in [0.25, 0.3) is 0 Å². The molecule has 0 saturated carbocycles. The molecule has 0 atom stereocenters. The number of carbonyl (C=O) groups is 1. The fourth-order valence-electron chi connectivity index (χ4n) is 2.60. The highest BCUT2D eigenvalue weighted by Crippen LogP contribution is 2.36. The van der Waals surface area contributed by atoms with Crippen LogP contribution >= 0.6 is 11.6 Å². The monoisotopic (exact) mass is 430 g/mol. The van der Waals surface area contributed by atoms with E-state index < -0.39 is 10.3 Å². The number of aromatic hydroxyl groups is 1. The summed E-state index contributed by atoms with van der Waals surface area (Å²) in [7, 11) is -0.965. The third-order valence-electron chi connectivity index (χ3n) is 4.09. The van der Waals surface area contributed by atoms with Crippen molar-refractivity contribution in [2.45, 2.75) is 6.42 Å². The van der Waals surface area contributed by atoms with Crippen LogP contribution in [0.5, 0.6) is 11.5 Å². The molecule has 1 N–H and O–H groups in total. The van der Waals surface area contributed by atoms with Gasteiger partial charge < -0.3 is 9.84 Å². The molecular formula is C20H15ClN2O5S. The van der Waals surface area contributed by atoms with Crippen molar-refractivity contribution < 1.29 is 23.1 Å². The Balaban J connectivity index is 1.98. The molecule has 0 aromatic heterocycles. The van der Waals surface area contributed by atoms with Crippen molar-refractivity contribution in [2.75, 3.05) is 7.11 Å². The van der Waals surface area contributed by atoms with Crippen LogP contribution in [-0.2, 0) is 10.3 Å². The van der Waals surface area contributed by atoms with Crippen molar-refractivity contribution >= 4 is 38.2 Å². The van der Waals surface area contributed by atoms with Crippen LogP contribution in [0.15, 0.2) is 75.6 Å². The molecule has 1 aliphatic rings. The molecule has 0 aliphatic heterocycles. The van der Waals surface area contributed by atoms with Crippen LogP contribution in [-0.4, -0.2) is 31.3 Å². The largest absolute Gasteiger partial charge is 0.507 e. The third-order valence-corrected chi connectivity index (χ3v) is 5.13. The highest BCUT2D eigenvalue weighted by molar-refractivity contribution is 7.73. The number of carbonyl (C=O) groups excluding carboxylic acids is 1. The van der Waals surface area contributed by atoms with Crippen LogP contribution in [0.2, 0.25) is 0 Å². The van der Waals surface area contributed by atoms with Crippen molar-refractivity contribution in [1.29, 1.82) is 0 Å². The Morgan fingerprint density at radius 3 is 2.48 bits per heavy atom. The van der Waals surface area contributed by atoms with Gasteiger partial charge in [-0.2, -0.15) is 8.42 Å². The molecule has 0 amide bonds. The van der Waals surface area contributed by atoms with Gasteiger partial charge in [0.05, 0.1) is 22.6 Å². The van der Waals surface area contributed by atoms with Crippen LogP contribution in [0.4, 0.5) is 5.69 Å². The summed E-state index contributed by atoms with van der Waals surface area (Å²) in [4.78, 5) is 12.8. The minimum atomic E-state index is -2.36. The number of benzene rings is 2.